The number of nitrogens with two attached hydrogens (primary N) is 1. The summed E-state index contributed by atoms with van der Waals surface area (Å²) in [5, 5.41) is 169. The number of hydrogen-bond donors (Lipinski definition) is 26. The van der Waals surface area contributed by atoms with Crippen molar-refractivity contribution in [3.63, 3.8) is 0 Å². The standard InChI is InChI=1S/C85H112N14O43/c1-39(100)133-32-42-4-10-57(137-82-70(119)64(113)67(116)73(140-82)79(125)126)51(20-42)54(103)23-45(7-13-61(107)108)76(122)87-26-48-29-97(94-91-48)36-85(90-60(106)35-132-17-16-131-18-19-136-86,37-98-30-49(92-95-98)27-88-77(123)46(8-14-62(109)110)24-55(104)52-21-43(33-134-40(2)101)5-11-58(52)138-83-71(120)65(114)68(117)74(141-83)80(127)128)38-99-31-50(93-96-99)28-89-78(124)47(9-15-63(111)112)25-56(105)53-22-44(34-135-41(3)102)6-12-59(53)139-84-72(121)66(115)69(118)75(142-84)81(129)130/h4-6,10-12,20-22,29-31,45-47,64-75,82-84,91-96,113-121H,7-9,13-19,23-28,32-38,86H2,1-3H3,(H,87,122)(H,88,123)(H,89,124)(H,90,106)(H,107,108)(H,109,110)(H,111,112)(H,125,126)(H,127,128)(H,129,130)/t45-,46-,47-,64-,65-,66-,67-,68-,69-,70+,71+,72+,73-,74-,75-,82+,83+,84+/m0/s1. The highest BCUT2D eigenvalue weighted by Crippen LogP contribution is 2.36. The number of aliphatic carboxylic acids is 6. The van der Waals surface area contributed by atoms with Crippen LogP contribution in [-0.4, -0.2) is 356 Å². The van der Waals surface area contributed by atoms with E-state index < -0.39 is 368 Å². The van der Waals surface area contributed by atoms with Crippen molar-refractivity contribution in [1.29, 1.82) is 0 Å². The van der Waals surface area contributed by atoms with Gasteiger partial charge in [-0.15, -0.1) is 16.6 Å². The van der Waals surface area contributed by atoms with E-state index in [1.54, 1.807) is 0 Å². The van der Waals surface area contributed by atoms with E-state index in [4.69, 9.17) is 58.0 Å². The Morgan fingerprint density at radius 3 is 0.965 bits per heavy atom. The highest BCUT2D eigenvalue weighted by molar-refractivity contribution is 6.03. The molecule has 6 aliphatic heterocycles. The van der Waals surface area contributed by atoms with Gasteiger partial charge in [-0.1, -0.05) is 18.2 Å². The van der Waals surface area contributed by atoms with Gasteiger partial charge in [-0.05, 0) is 72.4 Å². The molecule has 0 saturated carbocycles. The van der Waals surface area contributed by atoms with Gasteiger partial charge in [-0.3, -0.25) is 77.4 Å². The van der Waals surface area contributed by atoms with Gasteiger partial charge in [0.1, 0.15) is 98.6 Å². The molecule has 9 rings (SSSR count). The van der Waals surface area contributed by atoms with E-state index in [9.17, 15) is 153 Å². The van der Waals surface area contributed by atoms with E-state index in [-0.39, 0.29) is 60.2 Å². The summed E-state index contributed by atoms with van der Waals surface area (Å²) in [6.45, 7) is -1.56. The number of nitrogens with one attached hydrogen (secondary N) is 10. The minimum absolute atomic E-state index is 0.0139. The minimum Gasteiger partial charge on any atom is -0.481 e. The lowest BCUT2D eigenvalue weighted by Crippen LogP contribution is -2.68. The molecule has 0 bridgehead atoms. The van der Waals surface area contributed by atoms with Crippen molar-refractivity contribution >= 4 is 94.7 Å². The number of carbonyl (C=O) groups excluding carboxylic acids is 10. The van der Waals surface area contributed by atoms with Crippen molar-refractivity contribution in [2.45, 2.75) is 196 Å². The fourth-order valence-electron chi connectivity index (χ4n) is 15.0. The number of carboxylic acids is 6. The van der Waals surface area contributed by atoms with Crippen LogP contribution in [0.3, 0.4) is 0 Å². The smallest absolute Gasteiger partial charge is 0.335 e. The molecule has 0 aliphatic carbocycles. The fraction of sp³-hybridized carbons (Fsp3) is 0.529. The number of amides is 4. The van der Waals surface area contributed by atoms with E-state index in [0.29, 0.717) is 0 Å². The lowest BCUT2D eigenvalue weighted by molar-refractivity contribution is -0.271. The number of ketones is 3. The molecule has 57 heteroatoms. The molecule has 18 atom stereocenters. The molecule has 57 nitrogen and oxygen atoms in total. The van der Waals surface area contributed by atoms with Crippen molar-refractivity contribution in [2.24, 2.45) is 23.7 Å². The molecule has 3 fully saturated rings. The average molecular weight is 2020 g/mol. The molecule has 0 spiro atoms. The normalized spacial score (nSPS) is 23.1. The molecular formula is C85H112N14O43. The summed E-state index contributed by atoms with van der Waals surface area (Å²) < 4.78 is 59.7. The predicted molar refractivity (Wildman–Crippen MR) is 463 cm³/mol. The van der Waals surface area contributed by atoms with Gasteiger partial charge < -0.3 is 171 Å². The van der Waals surface area contributed by atoms with Crippen molar-refractivity contribution < 1.29 is 210 Å². The van der Waals surface area contributed by atoms with Crippen LogP contribution in [0.1, 0.15) is 126 Å². The summed E-state index contributed by atoms with van der Waals surface area (Å²) in [6.07, 6.45) is -33.8. The van der Waals surface area contributed by atoms with E-state index in [0.717, 1.165) is 57.2 Å². The zero-order valence-corrected chi connectivity index (χ0v) is 76.1. The Bertz CT molecular complexity index is 4680. The topological polar surface area (TPSA) is 843 Å². The second kappa shape index (κ2) is 52.8. The van der Waals surface area contributed by atoms with Crippen LogP contribution < -0.4 is 74.3 Å². The number of aliphatic hydroxyl groups is 9. The summed E-state index contributed by atoms with van der Waals surface area (Å²) >= 11 is 0. The third-order valence-electron chi connectivity index (χ3n) is 22.2. The summed E-state index contributed by atoms with van der Waals surface area (Å²) in [6, 6.07) is 10.8. The first-order chi connectivity index (χ1) is 67.3. The van der Waals surface area contributed by atoms with Crippen molar-refractivity contribution in [1.82, 2.24) is 69.2 Å². The SMILES string of the molecule is CC(=O)OCc1ccc(O[C@@H]2O[C@H](C(=O)O)[C@@H](O)[C@H](O)[C@H]2O)c(C(=O)C[C@H](CCC(=O)O)C(=O)NCC2=CN(CC(CN3C=C(CNC(=O)[C@@H](CCC(=O)O)CC(=O)c4cc(COC(C)=O)ccc4O[C@@H]4O[C@H](C(=O)O)[C@@H](O)[C@H](O)[C@H]4O)NN3)(CN3C=C(CNC(=O)[C@@H](CCC(=O)O)CC(=O)c4cc(COC(C)=O)ccc4O[C@@H]4O[C@H](C(=O)O)[C@@H](O)[C@H](O)[C@H]4O)NN3)NC(=O)COCCOCCON)NN2)c1. The highest BCUT2D eigenvalue weighted by atomic mass is 16.7. The molecular weight excluding hydrogens is 1900 g/mol. The Balaban J connectivity index is 1.02. The van der Waals surface area contributed by atoms with Crippen LogP contribution in [0.4, 0.5) is 0 Å². The lowest BCUT2D eigenvalue weighted by atomic mass is 9.92. The van der Waals surface area contributed by atoms with Crippen LogP contribution >= 0.6 is 0 Å². The van der Waals surface area contributed by atoms with Crippen molar-refractivity contribution in [2.75, 3.05) is 72.3 Å². The number of hydrogen-bond acceptors (Lipinski definition) is 47. The van der Waals surface area contributed by atoms with Crippen LogP contribution in [0.2, 0.25) is 0 Å². The summed E-state index contributed by atoms with van der Waals surface area (Å²) in [5.41, 5.74) is 15.1. The Labute approximate surface area is 804 Å². The molecule has 27 N–H and O–H groups in total. The molecule has 0 radical (unpaired) electrons. The Hall–Kier alpha value is -13.6. The van der Waals surface area contributed by atoms with E-state index in [1.165, 1.54) is 51.8 Å². The number of nitrogens with zero attached hydrogens (tertiary/aromatic N) is 3. The maximum atomic E-state index is 14.7. The predicted octanol–water partition coefficient (Wildman–Crippen LogP) is -8.12. The molecule has 3 saturated heterocycles. The molecule has 6 heterocycles. The second-order valence-electron chi connectivity index (χ2n) is 33.2. The maximum absolute atomic E-state index is 14.7. The van der Waals surface area contributed by atoms with Crippen LogP contribution in [-0.2, 0) is 125 Å². The summed E-state index contributed by atoms with van der Waals surface area (Å²) in [5.74, 6) is -18.9. The van der Waals surface area contributed by atoms with Gasteiger partial charge in [-0.25, -0.2) is 20.3 Å². The second-order valence-corrected chi connectivity index (χ2v) is 33.2. The van der Waals surface area contributed by atoms with Gasteiger partial charge >= 0.3 is 53.7 Å². The molecule has 3 aromatic carbocycles. The number of Topliss-reactive ketones (excluding diaryl/α,β-unsaturated/α-hetero) is 3. The Morgan fingerprint density at radius 1 is 0.401 bits per heavy atom. The third-order valence-corrected chi connectivity index (χ3v) is 22.2. The molecule has 3 aromatic rings. The van der Waals surface area contributed by atoms with E-state index in [1.807, 2.05) is 0 Å². The average Bonchev–Trinajstić information content (AvgIpc) is 1.34. The largest absolute Gasteiger partial charge is 0.481 e. The summed E-state index contributed by atoms with van der Waals surface area (Å²) in [4.78, 5) is 215. The van der Waals surface area contributed by atoms with Gasteiger partial charge in [0.2, 0.25) is 42.5 Å². The Morgan fingerprint density at radius 2 is 0.690 bits per heavy atom. The van der Waals surface area contributed by atoms with Crippen LogP contribution in [0.5, 0.6) is 17.2 Å². The first kappa shape index (κ1) is 112. The quantitative estimate of drug-likeness (QED) is 0.00820. The molecule has 6 aliphatic rings. The number of esters is 3. The molecule has 780 valence electrons. The number of aliphatic hydroxyl groups excluding tert-OH is 9. The number of hydrazine groups is 6. The van der Waals surface area contributed by atoms with E-state index in [2.05, 4.69) is 59.0 Å². The molecule has 0 unspecified atom stereocenters. The lowest BCUT2D eigenvalue weighted by Gasteiger charge is -2.41. The third kappa shape index (κ3) is 32.8. The van der Waals surface area contributed by atoms with Gasteiger partial charge in [-0.2, -0.15) is 0 Å². The maximum Gasteiger partial charge on any atom is 0.335 e. The molecule has 4 amide bonds. The zero-order valence-electron chi connectivity index (χ0n) is 76.1. The monoisotopic (exact) mass is 2020 g/mol. The van der Waals surface area contributed by atoms with Gasteiger partial charge in [0.25, 0.3) is 0 Å². The van der Waals surface area contributed by atoms with Gasteiger partial charge in [0, 0.05) is 95.6 Å². The van der Waals surface area contributed by atoms with E-state index >= 15 is 0 Å². The number of carbonyl (C=O) groups is 16. The van der Waals surface area contributed by atoms with Crippen LogP contribution in [0.15, 0.2) is 90.3 Å². The van der Waals surface area contributed by atoms with Crippen molar-refractivity contribution in [3.05, 3.63) is 124 Å². The first-order valence-corrected chi connectivity index (χ1v) is 43.7. The number of rotatable bonds is 57. The Kier molecular flexibility index (Phi) is 41.7. The van der Waals surface area contributed by atoms with Crippen molar-refractivity contribution in [3.8, 4) is 17.2 Å². The first-order valence-electron chi connectivity index (χ1n) is 43.7. The molecule has 0 aromatic heterocycles. The van der Waals surface area contributed by atoms with Gasteiger partial charge in [0.15, 0.2) is 35.7 Å². The number of carboxylic acid groups (broad SMARTS) is 6. The number of ether oxygens (including phenoxy) is 11. The minimum atomic E-state index is -2.16. The fourth-order valence-corrected chi connectivity index (χ4v) is 15.0. The zero-order chi connectivity index (χ0) is 104. The van der Waals surface area contributed by atoms with Gasteiger partial charge in [0.05, 0.1) is 105 Å². The highest BCUT2D eigenvalue weighted by Gasteiger charge is 2.52. The molecule has 142 heavy (non-hydrogen) atoms. The van der Waals surface area contributed by atoms with Crippen LogP contribution in [0.25, 0.3) is 0 Å². The number of benzene rings is 3. The van der Waals surface area contributed by atoms with Crippen LogP contribution in [0, 0.1) is 17.8 Å². The summed E-state index contributed by atoms with van der Waals surface area (Å²) in [7, 11) is 0.